The minimum absolute atomic E-state index is 0.00509. The smallest absolute Gasteiger partial charge is 0.257 e. The molecule has 23 heavy (non-hydrogen) atoms. The van der Waals surface area contributed by atoms with Crippen LogP contribution in [0.15, 0.2) is 48.5 Å². The van der Waals surface area contributed by atoms with Crippen molar-refractivity contribution in [1.29, 1.82) is 0 Å². The van der Waals surface area contributed by atoms with E-state index in [0.29, 0.717) is 17.9 Å². The third-order valence-corrected chi connectivity index (χ3v) is 3.61. The van der Waals surface area contributed by atoms with Gasteiger partial charge in [-0.1, -0.05) is 24.3 Å². The van der Waals surface area contributed by atoms with Crippen LogP contribution in [0.3, 0.4) is 0 Å². The maximum atomic E-state index is 11.8. The third kappa shape index (κ3) is 5.25. The van der Waals surface area contributed by atoms with Gasteiger partial charge in [-0.05, 0) is 55.7 Å². The maximum absolute atomic E-state index is 11.8. The molecule has 0 aliphatic heterocycles. The lowest BCUT2D eigenvalue weighted by atomic mass is 10.1. The van der Waals surface area contributed by atoms with Crippen LogP contribution in [0.4, 0.5) is 0 Å². The predicted octanol–water partition coefficient (Wildman–Crippen LogP) is 2.94. The summed E-state index contributed by atoms with van der Waals surface area (Å²) in [7, 11) is 0. The highest BCUT2D eigenvalue weighted by atomic mass is 16.5. The highest BCUT2D eigenvalue weighted by molar-refractivity contribution is 5.94. The number of amides is 1. The lowest BCUT2D eigenvalue weighted by Gasteiger charge is -2.09. The van der Waals surface area contributed by atoms with Gasteiger partial charge in [0.05, 0.1) is 0 Å². The van der Waals surface area contributed by atoms with Gasteiger partial charge in [0.25, 0.3) is 5.91 Å². The number of ether oxygens (including phenoxy) is 1. The summed E-state index contributed by atoms with van der Waals surface area (Å²) < 4.78 is 5.41. The maximum Gasteiger partial charge on any atom is 0.257 e. The van der Waals surface area contributed by atoms with Gasteiger partial charge in [-0.2, -0.15) is 0 Å². The zero-order valence-electron chi connectivity index (χ0n) is 13.5. The molecular formula is C19H21NO3. The Balaban J connectivity index is 1.73. The minimum Gasteiger partial charge on any atom is -0.484 e. The zero-order valence-corrected chi connectivity index (χ0v) is 13.5. The quantitative estimate of drug-likeness (QED) is 0.800. The summed E-state index contributed by atoms with van der Waals surface area (Å²) in [6, 6.07) is 14.9. The average molecular weight is 311 g/mol. The summed E-state index contributed by atoms with van der Waals surface area (Å²) in [5, 5.41) is 2.84. The van der Waals surface area contributed by atoms with Gasteiger partial charge in [-0.25, -0.2) is 0 Å². The first-order chi connectivity index (χ1) is 11.1. The van der Waals surface area contributed by atoms with Crippen LogP contribution in [-0.4, -0.2) is 24.8 Å². The van der Waals surface area contributed by atoms with Gasteiger partial charge in [0.15, 0.2) is 12.4 Å². The number of ketones is 1. The van der Waals surface area contributed by atoms with E-state index in [0.717, 1.165) is 6.42 Å². The molecule has 0 aliphatic carbocycles. The molecule has 0 radical (unpaired) electrons. The molecule has 2 aromatic carbocycles. The number of carbonyl (C=O) groups is 2. The first-order valence-electron chi connectivity index (χ1n) is 7.61. The molecule has 0 saturated heterocycles. The van der Waals surface area contributed by atoms with Crippen molar-refractivity contribution in [2.24, 2.45) is 0 Å². The number of benzene rings is 2. The lowest BCUT2D eigenvalue weighted by molar-refractivity contribution is -0.123. The van der Waals surface area contributed by atoms with E-state index in [4.69, 9.17) is 4.74 Å². The van der Waals surface area contributed by atoms with E-state index >= 15 is 0 Å². The third-order valence-electron chi connectivity index (χ3n) is 3.61. The van der Waals surface area contributed by atoms with Gasteiger partial charge in [-0.3, -0.25) is 9.59 Å². The molecule has 0 aliphatic rings. The highest BCUT2D eigenvalue weighted by Gasteiger charge is 2.04. The van der Waals surface area contributed by atoms with E-state index in [2.05, 4.69) is 24.4 Å². The molecule has 2 rings (SSSR count). The Labute approximate surface area is 136 Å². The van der Waals surface area contributed by atoms with Crippen molar-refractivity contribution in [2.45, 2.75) is 20.3 Å². The van der Waals surface area contributed by atoms with E-state index < -0.39 is 0 Å². The molecule has 2 aromatic rings. The Morgan fingerprint density at radius 3 is 2.39 bits per heavy atom. The van der Waals surface area contributed by atoms with E-state index in [1.807, 2.05) is 12.1 Å². The van der Waals surface area contributed by atoms with Crippen LogP contribution in [0.1, 0.15) is 28.4 Å². The van der Waals surface area contributed by atoms with Gasteiger partial charge < -0.3 is 10.1 Å². The molecule has 0 aromatic heterocycles. The van der Waals surface area contributed by atoms with Gasteiger partial charge >= 0.3 is 0 Å². The fourth-order valence-corrected chi connectivity index (χ4v) is 2.21. The second-order valence-corrected chi connectivity index (χ2v) is 5.40. The van der Waals surface area contributed by atoms with Crippen LogP contribution in [0.25, 0.3) is 0 Å². The number of aryl methyl sites for hydroxylation is 1. The van der Waals surface area contributed by atoms with Gasteiger partial charge in [0, 0.05) is 12.1 Å². The molecule has 4 nitrogen and oxygen atoms in total. The second-order valence-electron chi connectivity index (χ2n) is 5.40. The molecule has 0 saturated carbocycles. The Hall–Kier alpha value is -2.62. The molecular weight excluding hydrogens is 290 g/mol. The van der Waals surface area contributed by atoms with Gasteiger partial charge in [-0.15, -0.1) is 0 Å². The van der Waals surface area contributed by atoms with Crippen molar-refractivity contribution in [3.05, 3.63) is 65.2 Å². The Bertz CT molecular complexity index is 677. The number of rotatable bonds is 7. The SMILES string of the molecule is CC(=O)c1ccc(OCC(=O)NCCc2ccccc2C)cc1. The Kier molecular flexibility index (Phi) is 5.92. The summed E-state index contributed by atoms with van der Waals surface area (Å²) in [5.74, 6) is 0.420. The monoisotopic (exact) mass is 311 g/mol. The fraction of sp³-hybridized carbons (Fsp3) is 0.263. The van der Waals surface area contributed by atoms with Crippen LogP contribution in [0, 0.1) is 6.92 Å². The largest absolute Gasteiger partial charge is 0.484 e. The molecule has 0 fully saturated rings. The Morgan fingerprint density at radius 2 is 1.74 bits per heavy atom. The summed E-state index contributed by atoms with van der Waals surface area (Å²) in [4.78, 5) is 23.0. The number of hydrogen-bond donors (Lipinski definition) is 1. The lowest BCUT2D eigenvalue weighted by Crippen LogP contribution is -2.30. The topological polar surface area (TPSA) is 55.4 Å². The molecule has 0 heterocycles. The second kappa shape index (κ2) is 8.13. The van der Waals surface area contributed by atoms with Crippen LogP contribution in [0.5, 0.6) is 5.75 Å². The predicted molar refractivity (Wildman–Crippen MR) is 89.8 cm³/mol. The van der Waals surface area contributed by atoms with E-state index in [9.17, 15) is 9.59 Å². The van der Waals surface area contributed by atoms with Crippen molar-refractivity contribution >= 4 is 11.7 Å². The van der Waals surface area contributed by atoms with Crippen molar-refractivity contribution in [3.8, 4) is 5.75 Å². The Morgan fingerprint density at radius 1 is 1.04 bits per heavy atom. The molecule has 0 unspecified atom stereocenters. The highest BCUT2D eigenvalue weighted by Crippen LogP contribution is 2.12. The summed E-state index contributed by atoms with van der Waals surface area (Å²) in [5.41, 5.74) is 3.08. The van der Waals surface area contributed by atoms with Gasteiger partial charge in [0.1, 0.15) is 5.75 Å². The molecule has 120 valence electrons. The normalized spacial score (nSPS) is 10.2. The molecule has 1 N–H and O–H groups in total. The number of Topliss-reactive ketones (excluding diaryl/α,β-unsaturated/α-hetero) is 1. The summed E-state index contributed by atoms with van der Waals surface area (Å²) in [6.07, 6.45) is 0.797. The van der Waals surface area contributed by atoms with Crippen LogP contribution < -0.4 is 10.1 Å². The standard InChI is InChI=1S/C19H21NO3/c1-14-5-3-4-6-16(14)11-12-20-19(22)13-23-18-9-7-17(8-10-18)15(2)21/h3-10H,11-13H2,1-2H3,(H,20,22). The van der Waals surface area contributed by atoms with E-state index in [1.165, 1.54) is 18.1 Å². The molecule has 4 heteroatoms. The van der Waals surface area contributed by atoms with Crippen molar-refractivity contribution in [1.82, 2.24) is 5.32 Å². The van der Waals surface area contributed by atoms with Crippen LogP contribution >= 0.6 is 0 Å². The van der Waals surface area contributed by atoms with E-state index in [-0.39, 0.29) is 18.3 Å². The minimum atomic E-state index is -0.158. The summed E-state index contributed by atoms with van der Waals surface area (Å²) >= 11 is 0. The molecule has 0 bridgehead atoms. The van der Waals surface area contributed by atoms with Gasteiger partial charge in [0.2, 0.25) is 0 Å². The zero-order chi connectivity index (χ0) is 16.7. The van der Waals surface area contributed by atoms with Crippen molar-refractivity contribution in [2.75, 3.05) is 13.2 Å². The average Bonchev–Trinajstić information content (AvgIpc) is 2.55. The fourth-order valence-electron chi connectivity index (χ4n) is 2.21. The van der Waals surface area contributed by atoms with Crippen molar-refractivity contribution in [3.63, 3.8) is 0 Å². The van der Waals surface area contributed by atoms with E-state index in [1.54, 1.807) is 24.3 Å². The first kappa shape index (κ1) is 16.7. The number of hydrogen-bond acceptors (Lipinski definition) is 3. The number of nitrogens with one attached hydrogen (secondary N) is 1. The van der Waals surface area contributed by atoms with Crippen LogP contribution in [-0.2, 0) is 11.2 Å². The molecule has 0 spiro atoms. The summed E-state index contributed by atoms with van der Waals surface area (Å²) in [6.45, 7) is 4.12. The van der Waals surface area contributed by atoms with Crippen LogP contribution in [0.2, 0.25) is 0 Å². The number of carbonyl (C=O) groups excluding carboxylic acids is 2. The first-order valence-corrected chi connectivity index (χ1v) is 7.61. The van der Waals surface area contributed by atoms with Crippen molar-refractivity contribution < 1.29 is 14.3 Å². The molecule has 0 atom stereocenters. The molecule has 1 amide bonds.